The second-order valence-corrected chi connectivity index (χ2v) is 6.70. The number of hydrogen-bond acceptors (Lipinski definition) is 2. The van der Waals surface area contributed by atoms with E-state index < -0.39 is 0 Å². The number of guanidine groups is 1. The van der Waals surface area contributed by atoms with Gasteiger partial charge < -0.3 is 15.5 Å². The molecule has 1 aliphatic rings. The number of nitrogens with one attached hydrogen (secondary N) is 2. The number of benzene rings is 1. The lowest BCUT2D eigenvalue weighted by molar-refractivity contribution is -0.127. The van der Waals surface area contributed by atoms with Crippen LogP contribution < -0.4 is 10.6 Å². The van der Waals surface area contributed by atoms with Crippen LogP contribution >= 0.6 is 11.6 Å². The average molecular weight is 349 g/mol. The number of carbonyl (C=O) groups excluding carboxylic acids is 1. The fourth-order valence-electron chi connectivity index (χ4n) is 2.42. The minimum atomic E-state index is -0.0364. The standard InChI is InChI=1S/C18H25ClN4O/c1-4-10-20-17(21-12-16(24)23(2)3)22-13-18(8-9-18)14-6-5-7-15(19)11-14/h4-7,11H,1,8-10,12-13H2,2-3H3,(H2,20,21,22). The summed E-state index contributed by atoms with van der Waals surface area (Å²) in [6.45, 7) is 5.16. The molecule has 0 saturated heterocycles. The van der Waals surface area contributed by atoms with E-state index in [1.807, 2.05) is 18.2 Å². The van der Waals surface area contributed by atoms with E-state index >= 15 is 0 Å². The molecule has 1 aliphatic carbocycles. The second kappa shape index (κ2) is 8.20. The van der Waals surface area contributed by atoms with Crippen molar-refractivity contribution in [2.75, 3.05) is 33.7 Å². The Morgan fingerprint density at radius 1 is 1.42 bits per heavy atom. The Balaban J connectivity index is 2.00. The summed E-state index contributed by atoms with van der Waals surface area (Å²) in [5.41, 5.74) is 1.35. The highest BCUT2D eigenvalue weighted by molar-refractivity contribution is 6.30. The first kappa shape index (κ1) is 18.3. The van der Waals surface area contributed by atoms with Gasteiger partial charge in [-0.3, -0.25) is 4.79 Å². The van der Waals surface area contributed by atoms with E-state index in [2.05, 4.69) is 28.3 Å². The average Bonchev–Trinajstić information content (AvgIpc) is 3.35. The lowest BCUT2D eigenvalue weighted by atomic mass is 9.96. The summed E-state index contributed by atoms with van der Waals surface area (Å²) in [6.07, 6.45) is 3.99. The summed E-state index contributed by atoms with van der Waals surface area (Å²) in [4.78, 5) is 17.6. The van der Waals surface area contributed by atoms with Crippen LogP contribution in [0.3, 0.4) is 0 Å². The Morgan fingerprint density at radius 3 is 2.75 bits per heavy atom. The molecular formula is C18H25ClN4O. The molecule has 1 amide bonds. The number of halogens is 1. The van der Waals surface area contributed by atoms with E-state index in [1.165, 1.54) is 10.5 Å². The summed E-state index contributed by atoms with van der Waals surface area (Å²) in [5, 5.41) is 7.26. The molecule has 0 radical (unpaired) electrons. The van der Waals surface area contributed by atoms with Gasteiger partial charge in [0.25, 0.3) is 0 Å². The van der Waals surface area contributed by atoms with Crippen molar-refractivity contribution in [1.29, 1.82) is 0 Å². The maximum Gasteiger partial charge on any atom is 0.243 e. The van der Waals surface area contributed by atoms with Crippen LogP contribution in [0.25, 0.3) is 0 Å². The van der Waals surface area contributed by atoms with Crippen LogP contribution in [0, 0.1) is 0 Å². The Bertz CT molecular complexity index is 623. The smallest absolute Gasteiger partial charge is 0.243 e. The van der Waals surface area contributed by atoms with E-state index in [9.17, 15) is 4.79 Å². The van der Waals surface area contributed by atoms with Crippen molar-refractivity contribution in [1.82, 2.24) is 15.5 Å². The number of aliphatic imine (C=N–C) groups is 1. The van der Waals surface area contributed by atoms with Gasteiger partial charge in [0.15, 0.2) is 5.96 Å². The molecule has 0 spiro atoms. The molecule has 0 aliphatic heterocycles. The second-order valence-electron chi connectivity index (χ2n) is 6.27. The summed E-state index contributed by atoms with van der Waals surface area (Å²) >= 11 is 6.11. The van der Waals surface area contributed by atoms with E-state index in [0.29, 0.717) is 12.5 Å². The van der Waals surface area contributed by atoms with Crippen molar-refractivity contribution >= 4 is 23.5 Å². The molecule has 2 N–H and O–H groups in total. The lowest BCUT2D eigenvalue weighted by Crippen LogP contribution is -2.42. The van der Waals surface area contributed by atoms with Gasteiger partial charge in [-0.1, -0.05) is 29.8 Å². The van der Waals surface area contributed by atoms with E-state index in [1.54, 1.807) is 20.2 Å². The van der Waals surface area contributed by atoms with E-state index in [4.69, 9.17) is 11.6 Å². The zero-order valence-corrected chi connectivity index (χ0v) is 15.1. The third-order valence-electron chi connectivity index (χ3n) is 4.17. The molecule has 2 rings (SSSR count). The van der Waals surface area contributed by atoms with Gasteiger partial charge in [0.2, 0.25) is 5.91 Å². The fraction of sp³-hybridized carbons (Fsp3) is 0.444. The largest absolute Gasteiger partial charge is 0.355 e. The molecule has 0 unspecified atom stereocenters. The van der Waals surface area contributed by atoms with Crippen LogP contribution in [0.2, 0.25) is 5.02 Å². The molecule has 1 aromatic carbocycles. The topological polar surface area (TPSA) is 56.7 Å². The monoisotopic (exact) mass is 348 g/mol. The molecule has 130 valence electrons. The van der Waals surface area contributed by atoms with Crippen molar-refractivity contribution in [2.45, 2.75) is 18.3 Å². The van der Waals surface area contributed by atoms with Crippen LogP contribution in [-0.2, 0) is 10.2 Å². The van der Waals surface area contributed by atoms with Gasteiger partial charge in [-0.2, -0.15) is 0 Å². The molecule has 0 bridgehead atoms. The summed E-state index contributed by atoms with van der Waals surface area (Å²) in [7, 11) is 3.45. The van der Waals surface area contributed by atoms with E-state index in [-0.39, 0.29) is 17.9 Å². The maximum absolute atomic E-state index is 11.7. The normalized spacial score (nSPS) is 15.5. The van der Waals surface area contributed by atoms with Crippen LogP contribution in [0.4, 0.5) is 0 Å². The molecule has 1 saturated carbocycles. The predicted octanol–water partition coefficient (Wildman–Crippen LogP) is 2.18. The van der Waals surface area contributed by atoms with Crippen molar-refractivity contribution in [3.63, 3.8) is 0 Å². The Kier molecular flexibility index (Phi) is 6.26. The third kappa shape index (κ3) is 4.99. The van der Waals surface area contributed by atoms with Crippen molar-refractivity contribution in [2.24, 2.45) is 4.99 Å². The minimum Gasteiger partial charge on any atom is -0.355 e. The molecule has 6 heteroatoms. The van der Waals surface area contributed by atoms with Crippen molar-refractivity contribution in [3.05, 3.63) is 47.5 Å². The third-order valence-corrected chi connectivity index (χ3v) is 4.40. The number of amides is 1. The molecule has 5 nitrogen and oxygen atoms in total. The number of nitrogens with zero attached hydrogens (tertiary/aromatic N) is 2. The highest BCUT2D eigenvalue weighted by Crippen LogP contribution is 2.48. The molecule has 1 aromatic rings. The summed E-state index contributed by atoms with van der Waals surface area (Å²) in [6, 6.07) is 8.02. The quantitative estimate of drug-likeness (QED) is 0.451. The first-order valence-electron chi connectivity index (χ1n) is 8.06. The number of carbonyl (C=O) groups is 1. The minimum absolute atomic E-state index is 0.0364. The van der Waals surface area contributed by atoms with Gasteiger partial charge in [0.1, 0.15) is 6.54 Å². The van der Waals surface area contributed by atoms with Gasteiger partial charge >= 0.3 is 0 Å². The summed E-state index contributed by atoms with van der Waals surface area (Å²) < 4.78 is 0. The van der Waals surface area contributed by atoms with Gasteiger partial charge in [0.05, 0.1) is 0 Å². The highest BCUT2D eigenvalue weighted by Gasteiger charge is 2.44. The Labute approximate surface area is 148 Å². The lowest BCUT2D eigenvalue weighted by Gasteiger charge is -2.19. The summed E-state index contributed by atoms with van der Waals surface area (Å²) in [5.74, 6) is 0.587. The van der Waals surface area contributed by atoms with Crippen molar-refractivity contribution < 1.29 is 4.79 Å². The molecular weight excluding hydrogens is 324 g/mol. The van der Waals surface area contributed by atoms with Gasteiger partial charge in [-0.15, -0.1) is 6.58 Å². The molecule has 1 fully saturated rings. The van der Waals surface area contributed by atoms with Crippen LogP contribution in [0.5, 0.6) is 0 Å². The molecule has 0 heterocycles. The molecule has 24 heavy (non-hydrogen) atoms. The highest BCUT2D eigenvalue weighted by atomic mass is 35.5. The maximum atomic E-state index is 11.7. The number of rotatable bonds is 7. The number of likely N-dealkylation sites (N-methyl/N-ethyl adjacent to an activating group) is 1. The zero-order chi connectivity index (χ0) is 17.6. The Morgan fingerprint density at radius 2 is 2.17 bits per heavy atom. The van der Waals surface area contributed by atoms with Gasteiger partial charge in [-0.25, -0.2) is 4.99 Å². The molecule has 0 atom stereocenters. The first-order valence-corrected chi connectivity index (χ1v) is 8.44. The zero-order valence-electron chi connectivity index (χ0n) is 14.3. The van der Waals surface area contributed by atoms with Crippen LogP contribution in [-0.4, -0.2) is 50.5 Å². The Hall–Kier alpha value is -2.01. The SMILES string of the molecule is C=CCNC(=NCC(=O)N(C)C)NCC1(c2cccc(Cl)c2)CC1. The molecule has 0 aromatic heterocycles. The van der Waals surface area contributed by atoms with E-state index in [0.717, 1.165) is 24.4 Å². The van der Waals surface area contributed by atoms with Gasteiger partial charge in [0, 0.05) is 37.6 Å². The van der Waals surface area contributed by atoms with Gasteiger partial charge in [-0.05, 0) is 30.5 Å². The first-order chi connectivity index (χ1) is 11.5. The predicted molar refractivity (Wildman–Crippen MR) is 99.6 cm³/mol. The number of hydrogen-bond donors (Lipinski definition) is 2. The van der Waals surface area contributed by atoms with Crippen molar-refractivity contribution in [3.8, 4) is 0 Å². The van der Waals surface area contributed by atoms with Crippen LogP contribution in [0.15, 0.2) is 41.9 Å². The fourth-order valence-corrected chi connectivity index (χ4v) is 2.61. The van der Waals surface area contributed by atoms with Crippen LogP contribution in [0.1, 0.15) is 18.4 Å².